The number of benzene rings is 1. The van der Waals surface area contributed by atoms with E-state index in [-0.39, 0.29) is 32.1 Å². The molecular weight excluding hydrogens is 338 g/mol. The fraction of sp³-hybridized carbons (Fsp3) is 0.562. The van der Waals surface area contributed by atoms with E-state index < -0.39 is 32.0 Å². The number of nitrogens with zero attached hydrogens (tertiary/aromatic N) is 2. The Morgan fingerprint density at radius 1 is 1.17 bits per heavy atom. The van der Waals surface area contributed by atoms with Gasteiger partial charge < -0.3 is 4.90 Å². The summed E-state index contributed by atoms with van der Waals surface area (Å²) in [4.78, 5) is 13.5. The predicted molar refractivity (Wildman–Crippen MR) is 85.8 cm³/mol. The van der Waals surface area contributed by atoms with Gasteiger partial charge in [0.15, 0.2) is 0 Å². The van der Waals surface area contributed by atoms with E-state index in [9.17, 15) is 22.0 Å². The lowest BCUT2D eigenvalue weighted by Gasteiger charge is -2.37. The number of carbonyl (C=O) groups is 1. The van der Waals surface area contributed by atoms with Gasteiger partial charge in [-0.1, -0.05) is 20.8 Å². The maximum absolute atomic E-state index is 13.8. The molecule has 134 valence electrons. The third-order valence-corrected chi connectivity index (χ3v) is 6.43. The molecule has 1 aliphatic heterocycles. The van der Waals surface area contributed by atoms with Crippen molar-refractivity contribution in [2.75, 3.05) is 26.2 Å². The summed E-state index contributed by atoms with van der Waals surface area (Å²) < 4.78 is 52.9. The second-order valence-corrected chi connectivity index (χ2v) is 8.41. The summed E-state index contributed by atoms with van der Waals surface area (Å²) in [5, 5.41) is 0. The maximum Gasteiger partial charge on any atom is 0.246 e. The molecule has 1 amide bonds. The van der Waals surface area contributed by atoms with Crippen molar-refractivity contribution in [2.24, 2.45) is 5.41 Å². The van der Waals surface area contributed by atoms with E-state index >= 15 is 0 Å². The second-order valence-electron chi connectivity index (χ2n) is 6.51. The van der Waals surface area contributed by atoms with E-state index in [1.807, 2.05) is 20.8 Å². The summed E-state index contributed by atoms with van der Waals surface area (Å²) in [6.45, 7) is 6.32. The van der Waals surface area contributed by atoms with Crippen LogP contribution < -0.4 is 0 Å². The van der Waals surface area contributed by atoms with Gasteiger partial charge in [0.2, 0.25) is 15.9 Å². The molecule has 1 aromatic carbocycles. The van der Waals surface area contributed by atoms with Gasteiger partial charge >= 0.3 is 0 Å². The smallest absolute Gasteiger partial charge is 0.246 e. The first kappa shape index (κ1) is 18.8. The first-order chi connectivity index (χ1) is 11.1. The second kappa shape index (κ2) is 6.76. The number of sulfonamides is 1. The van der Waals surface area contributed by atoms with Crippen LogP contribution >= 0.6 is 0 Å². The van der Waals surface area contributed by atoms with Crippen molar-refractivity contribution in [3.05, 3.63) is 29.8 Å². The minimum Gasteiger partial charge on any atom is -0.340 e. The van der Waals surface area contributed by atoms with Crippen LogP contribution in [0.15, 0.2) is 23.1 Å². The molecule has 0 N–H and O–H groups in total. The molecule has 0 saturated carbocycles. The van der Waals surface area contributed by atoms with Crippen LogP contribution in [-0.4, -0.2) is 49.7 Å². The van der Waals surface area contributed by atoms with Crippen molar-refractivity contribution in [3.8, 4) is 0 Å². The number of amides is 1. The van der Waals surface area contributed by atoms with Gasteiger partial charge in [-0.15, -0.1) is 0 Å². The number of hydrogen-bond donors (Lipinski definition) is 0. The molecule has 0 aliphatic carbocycles. The minimum absolute atomic E-state index is 0.0185. The zero-order chi connectivity index (χ0) is 18.1. The average Bonchev–Trinajstić information content (AvgIpc) is 2.53. The van der Waals surface area contributed by atoms with Crippen molar-refractivity contribution in [1.29, 1.82) is 0 Å². The van der Waals surface area contributed by atoms with Crippen LogP contribution in [0.2, 0.25) is 0 Å². The van der Waals surface area contributed by atoms with Crippen LogP contribution in [0.25, 0.3) is 0 Å². The minimum atomic E-state index is -4.05. The molecular formula is C16H22F2N2O3S. The van der Waals surface area contributed by atoms with Crippen LogP contribution in [0.1, 0.15) is 27.2 Å². The van der Waals surface area contributed by atoms with Crippen LogP contribution in [0.5, 0.6) is 0 Å². The lowest BCUT2D eigenvalue weighted by atomic mass is 9.88. The number of rotatable bonds is 4. The molecule has 0 aromatic heterocycles. The van der Waals surface area contributed by atoms with Crippen LogP contribution in [0, 0.1) is 17.0 Å². The van der Waals surface area contributed by atoms with Crippen molar-refractivity contribution < 1.29 is 22.0 Å². The Kier molecular flexibility index (Phi) is 5.29. The Labute approximate surface area is 141 Å². The van der Waals surface area contributed by atoms with E-state index in [0.29, 0.717) is 12.5 Å². The summed E-state index contributed by atoms with van der Waals surface area (Å²) in [5.41, 5.74) is -0.496. The largest absolute Gasteiger partial charge is 0.340 e. The highest BCUT2D eigenvalue weighted by atomic mass is 32.2. The Hall–Kier alpha value is -1.54. The topological polar surface area (TPSA) is 57.7 Å². The Bertz CT molecular complexity index is 727. The maximum atomic E-state index is 13.8. The summed E-state index contributed by atoms with van der Waals surface area (Å²) in [6.07, 6.45) is 0.686. The molecule has 1 aromatic rings. The number of halogens is 2. The molecule has 1 fully saturated rings. The van der Waals surface area contributed by atoms with Gasteiger partial charge in [0.25, 0.3) is 0 Å². The van der Waals surface area contributed by atoms with Crippen LogP contribution in [0.4, 0.5) is 8.78 Å². The molecule has 24 heavy (non-hydrogen) atoms. The fourth-order valence-electron chi connectivity index (χ4n) is 2.53. The quantitative estimate of drug-likeness (QED) is 0.827. The zero-order valence-corrected chi connectivity index (χ0v) is 14.9. The fourth-order valence-corrected chi connectivity index (χ4v) is 4.00. The highest BCUT2D eigenvalue weighted by Gasteiger charge is 2.35. The monoisotopic (exact) mass is 360 g/mol. The molecule has 0 radical (unpaired) electrons. The number of carbonyl (C=O) groups excluding carboxylic acids is 1. The SMILES string of the molecule is CCC(C)(C)C(=O)N1CCN(S(=O)(=O)c2ccc(F)cc2F)CC1. The molecule has 1 aliphatic rings. The van der Waals surface area contributed by atoms with Gasteiger partial charge in [0, 0.05) is 37.7 Å². The molecule has 2 rings (SSSR count). The first-order valence-corrected chi connectivity index (χ1v) is 9.28. The summed E-state index contributed by atoms with van der Waals surface area (Å²) in [5.74, 6) is -1.96. The molecule has 0 atom stereocenters. The average molecular weight is 360 g/mol. The van der Waals surface area contributed by atoms with Crippen molar-refractivity contribution in [1.82, 2.24) is 9.21 Å². The Morgan fingerprint density at radius 2 is 1.75 bits per heavy atom. The van der Waals surface area contributed by atoms with Gasteiger partial charge in [-0.3, -0.25) is 4.79 Å². The van der Waals surface area contributed by atoms with Crippen LogP contribution in [0.3, 0.4) is 0 Å². The van der Waals surface area contributed by atoms with Gasteiger partial charge in [-0.2, -0.15) is 4.31 Å². The van der Waals surface area contributed by atoms with Gasteiger partial charge in [-0.25, -0.2) is 17.2 Å². The third-order valence-electron chi connectivity index (χ3n) is 4.50. The van der Waals surface area contributed by atoms with Gasteiger partial charge in [0.1, 0.15) is 16.5 Å². The Morgan fingerprint density at radius 3 is 2.25 bits per heavy atom. The molecule has 0 spiro atoms. The molecule has 8 heteroatoms. The van der Waals surface area contributed by atoms with E-state index in [0.717, 1.165) is 16.4 Å². The molecule has 5 nitrogen and oxygen atoms in total. The van der Waals surface area contributed by atoms with E-state index in [1.165, 1.54) is 0 Å². The summed E-state index contributed by atoms with van der Waals surface area (Å²) in [6, 6.07) is 2.40. The third kappa shape index (κ3) is 3.59. The van der Waals surface area contributed by atoms with E-state index in [2.05, 4.69) is 0 Å². The van der Waals surface area contributed by atoms with Crippen molar-refractivity contribution in [2.45, 2.75) is 32.1 Å². The highest BCUT2D eigenvalue weighted by Crippen LogP contribution is 2.25. The molecule has 1 heterocycles. The lowest BCUT2D eigenvalue weighted by Crippen LogP contribution is -2.53. The first-order valence-electron chi connectivity index (χ1n) is 7.84. The highest BCUT2D eigenvalue weighted by molar-refractivity contribution is 7.89. The van der Waals surface area contributed by atoms with Crippen molar-refractivity contribution in [3.63, 3.8) is 0 Å². The predicted octanol–water partition coefficient (Wildman–Crippen LogP) is 2.23. The summed E-state index contributed by atoms with van der Waals surface area (Å²) >= 11 is 0. The molecule has 0 unspecified atom stereocenters. The molecule has 1 saturated heterocycles. The standard InChI is InChI=1S/C16H22F2N2O3S/c1-4-16(2,3)15(21)19-7-9-20(10-8-19)24(22,23)14-6-5-12(17)11-13(14)18/h5-6,11H,4,7-10H2,1-3H3. The molecule has 0 bridgehead atoms. The van der Waals surface area contributed by atoms with Gasteiger partial charge in [-0.05, 0) is 18.6 Å². The normalized spacial score (nSPS) is 17.1. The Balaban J connectivity index is 2.13. The van der Waals surface area contributed by atoms with Crippen molar-refractivity contribution >= 4 is 15.9 Å². The van der Waals surface area contributed by atoms with Gasteiger partial charge in [0.05, 0.1) is 0 Å². The zero-order valence-electron chi connectivity index (χ0n) is 14.1. The summed E-state index contributed by atoms with van der Waals surface area (Å²) in [7, 11) is -4.05. The number of piperazine rings is 1. The van der Waals surface area contributed by atoms with Crippen LogP contribution in [-0.2, 0) is 14.8 Å². The number of hydrogen-bond acceptors (Lipinski definition) is 3. The van der Waals surface area contributed by atoms with E-state index in [1.54, 1.807) is 4.90 Å². The van der Waals surface area contributed by atoms with E-state index in [4.69, 9.17) is 0 Å². The lowest BCUT2D eigenvalue weighted by molar-refractivity contribution is -0.141.